The van der Waals surface area contributed by atoms with E-state index in [1.54, 1.807) is 37.3 Å². The quantitative estimate of drug-likeness (QED) is 0.597. The van der Waals surface area contributed by atoms with E-state index in [-0.39, 0.29) is 17.7 Å². The van der Waals surface area contributed by atoms with E-state index in [0.717, 1.165) is 23.4 Å². The van der Waals surface area contributed by atoms with Crippen molar-refractivity contribution in [3.05, 3.63) is 53.9 Å². The minimum atomic E-state index is -0.117. The molecule has 0 saturated carbocycles. The van der Waals surface area contributed by atoms with Gasteiger partial charge in [0.05, 0.1) is 31.8 Å². The maximum absolute atomic E-state index is 13.0. The molecule has 1 fully saturated rings. The second-order valence-corrected chi connectivity index (χ2v) is 8.15. The van der Waals surface area contributed by atoms with E-state index < -0.39 is 0 Å². The monoisotopic (exact) mass is 450 g/mol. The molecule has 1 aliphatic rings. The van der Waals surface area contributed by atoms with E-state index in [0.29, 0.717) is 49.5 Å². The number of imidazole rings is 1. The largest absolute Gasteiger partial charge is 0.497 e. The summed E-state index contributed by atoms with van der Waals surface area (Å²) in [6.07, 6.45) is 1.26. The highest BCUT2D eigenvalue weighted by atomic mass is 16.5. The maximum atomic E-state index is 13.0. The Morgan fingerprint density at radius 3 is 2.36 bits per heavy atom. The third-order valence-corrected chi connectivity index (χ3v) is 6.22. The van der Waals surface area contributed by atoms with Crippen LogP contribution in [-0.4, -0.2) is 53.6 Å². The van der Waals surface area contributed by atoms with Gasteiger partial charge >= 0.3 is 0 Å². The molecule has 0 bridgehead atoms. The topological polar surface area (TPSA) is 85.7 Å². The molecule has 2 amide bonds. The van der Waals surface area contributed by atoms with Gasteiger partial charge in [0, 0.05) is 37.2 Å². The first kappa shape index (κ1) is 22.6. The molecule has 1 aliphatic heterocycles. The summed E-state index contributed by atoms with van der Waals surface area (Å²) in [5.41, 5.74) is 2.53. The minimum absolute atomic E-state index is 0.0138. The molecular formula is C25H30N4O4. The number of carbonyl (C=O) groups is 2. The number of benzene rings is 2. The van der Waals surface area contributed by atoms with Crippen molar-refractivity contribution in [1.29, 1.82) is 0 Å². The lowest BCUT2D eigenvalue weighted by atomic mass is 9.95. The van der Waals surface area contributed by atoms with Gasteiger partial charge < -0.3 is 24.3 Å². The van der Waals surface area contributed by atoms with Crippen LogP contribution in [-0.2, 0) is 17.9 Å². The van der Waals surface area contributed by atoms with Gasteiger partial charge in [0.25, 0.3) is 5.91 Å². The number of nitrogens with zero attached hydrogens (tertiary/aromatic N) is 3. The highest BCUT2D eigenvalue weighted by Gasteiger charge is 2.28. The van der Waals surface area contributed by atoms with Gasteiger partial charge in [-0.1, -0.05) is 12.1 Å². The predicted molar refractivity (Wildman–Crippen MR) is 125 cm³/mol. The van der Waals surface area contributed by atoms with E-state index >= 15 is 0 Å². The van der Waals surface area contributed by atoms with Crippen molar-refractivity contribution >= 4 is 22.8 Å². The molecular weight excluding hydrogens is 420 g/mol. The molecule has 3 aromatic rings. The number of piperidine rings is 1. The Kier molecular flexibility index (Phi) is 6.82. The Bertz CT molecular complexity index is 1130. The fourth-order valence-corrected chi connectivity index (χ4v) is 4.38. The standard InChI is InChI=1S/C25H30N4O4/c1-4-29-22-8-6-5-7-21(22)27-23(29)16-26-24(30)17-9-11-28(12-10-17)25(31)18-13-19(32-2)15-20(14-18)33-3/h5-8,13-15,17H,4,9-12,16H2,1-3H3,(H,26,30). The van der Waals surface area contributed by atoms with Gasteiger partial charge in [-0.25, -0.2) is 4.98 Å². The lowest BCUT2D eigenvalue weighted by molar-refractivity contribution is -0.126. The number of aromatic nitrogens is 2. The molecule has 4 rings (SSSR count). The van der Waals surface area contributed by atoms with Crippen LogP contribution < -0.4 is 14.8 Å². The van der Waals surface area contributed by atoms with Crippen molar-refractivity contribution in [3.8, 4) is 11.5 Å². The number of fused-ring (bicyclic) bond motifs is 1. The fraction of sp³-hybridized carbons (Fsp3) is 0.400. The highest BCUT2D eigenvalue weighted by molar-refractivity contribution is 5.95. The Hall–Kier alpha value is -3.55. The summed E-state index contributed by atoms with van der Waals surface area (Å²) in [4.78, 5) is 32.3. The third-order valence-electron chi connectivity index (χ3n) is 6.22. The van der Waals surface area contributed by atoms with E-state index in [1.807, 2.05) is 24.3 Å². The van der Waals surface area contributed by atoms with Crippen molar-refractivity contribution in [2.75, 3.05) is 27.3 Å². The number of amides is 2. The second kappa shape index (κ2) is 9.94. The minimum Gasteiger partial charge on any atom is -0.497 e. The molecule has 174 valence electrons. The highest BCUT2D eigenvalue weighted by Crippen LogP contribution is 2.25. The molecule has 33 heavy (non-hydrogen) atoms. The molecule has 1 aromatic heterocycles. The summed E-state index contributed by atoms with van der Waals surface area (Å²) >= 11 is 0. The van der Waals surface area contributed by atoms with Crippen LogP contribution in [0.1, 0.15) is 35.9 Å². The van der Waals surface area contributed by atoms with Gasteiger partial charge in [-0.05, 0) is 44.0 Å². The number of nitrogens with one attached hydrogen (secondary N) is 1. The van der Waals surface area contributed by atoms with Crippen molar-refractivity contribution in [1.82, 2.24) is 19.8 Å². The second-order valence-electron chi connectivity index (χ2n) is 8.15. The smallest absolute Gasteiger partial charge is 0.254 e. The van der Waals surface area contributed by atoms with Crippen molar-refractivity contribution in [2.45, 2.75) is 32.9 Å². The summed E-state index contributed by atoms with van der Waals surface area (Å²) in [6, 6.07) is 13.1. The van der Waals surface area contributed by atoms with E-state index in [1.165, 1.54) is 0 Å². The number of rotatable bonds is 7. The Morgan fingerprint density at radius 2 is 1.73 bits per heavy atom. The summed E-state index contributed by atoms with van der Waals surface area (Å²) in [7, 11) is 3.12. The average molecular weight is 451 g/mol. The number of aryl methyl sites for hydroxylation is 1. The van der Waals surface area contributed by atoms with E-state index in [9.17, 15) is 9.59 Å². The molecule has 0 spiro atoms. The summed E-state index contributed by atoms with van der Waals surface area (Å²) < 4.78 is 12.7. The molecule has 0 radical (unpaired) electrons. The maximum Gasteiger partial charge on any atom is 0.254 e. The van der Waals surface area contributed by atoms with Crippen molar-refractivity contribution < 1.29 is 19.1 Å². The molecule has 2 aromatic carbocycles. The first-order valence-corrected chi connectivity index (χ1v) is 11.3. The molecule has 8 heteroatoms. The zero-order valence-electron chi connectivity index (χ0n) is 19.3. The molecule has 0 aliphatic carbocycles. The van der Waals surface area contributed by atoms with Gasteiger partial charge in [0.1, 0.15) is 17.3 Å². The molecule has 8 nitrogen and oxygen atoms in total. The zero-order chi connectivity index (χ0) is 23.4. The van der Waals surface area contributed by atoms with Crippen molar-refractivity contribution in [3.63, 3.8) is 0 Å². The molecule has 1 saturated heterocycles. The average Bonchev–Trinajstić information content (AvgIpc) is 3.24. The van der Waals surface area contributed by atoms with Gasteiger partial charge in [0.2, 0.25) is 5.91 Å². The molecule has 1 N–H and O–H groups in total. The number of methoxy groups -OCH3 is 2. The van der Waals surface area contributed by atoms with Crippen LogP contribution in [0.25, 0.3) is 11.0 Å². The molecule has 0 atom stereocenters. The van der Waals surface area contributed by atoms with Crippen LogP contribution in [0.15, 0.2) is 42.5 Å². The lowest BCUT2D eigenvalue weighted by Gasteiger charge is -2.31. The summed E-state index contributed by atoms with van der Waals surface area (Å²) in [5.74, 6) is 1.82. The van der Waals surface area contributed by atoms with Crippen molar-refractivity contribution in [2.24, 2.45) is 5.92 Å². The van der Waals surface area contributed by atoms with Crippen LogP contribution in [0.5, 0.6) is 11.5 Å². The lowest BCUT2D eigenvalue weighted by Crippen LogP contribution is -2.43. The van der Waals surface area contributed by atoms with Gasteiger partial charge in [-0.3, -0.25) is 9.59 Å². The third kappa shape index (κ3) is 4.79. The Labute approximate surface area is 193 Å². The number of hydrogen-bond donors (Lipinski definition) is 1. The van der Waals surface area contributed by atoms with E-state index in [2.05, 4.69) is 21.8 Å². The van der Waals surface area contributed by atoms with Crippen LogP contribution in [0.2, 0.25) is 0 Å². The van der Waals surface area contributed by atoms with E-state index in [4.69, 9.17) is 9.47 Å². The Balaban J connectivity index is 1.34. The first-order valence-electron chi connectivity index (χ1n) is 11.3. The van der Waals surface area contributed by atoms with Crippen LogP contribution in [0.4, 0.5) is 0 Å². The summed E-state index contributed by atoms with van der Waals surface area (Å²) in [6.45, 7) is 4.32. The van der Waals surface area contributed by atoms with Gasteiger partial charge in [-0.2, -0.15) is 0 Å². The normalized spacial score (nSPS) is 14.3. The predicted octanol–water partition coefficient (Wildman–Crippen LogP) is 3.24. The Morgan fingerprint density at radius 1 is 1.06 bits per heavy atom. The van der Waals surface area contributed by atoms with Gasteiger partial charge in [0.15, 0.2) is 0 Å². The molecule has 0 unspecified atom stereocenters. The number of likely N-dealkylation sites (tertiary alicyclic amines) is 1. The SMILES string of the molecule is CCn1c(CNC(=O)C2CCN(C(=O)c3cc(OC)cc(OC)c3)CC2)nc2ccccc21. The van der Waals surface area contributed by atoms with Crippen LogP contribution >= 0.6 is 0 Å². The van der Waals surface area contributed by atoms with Crippen LogP contribution in [0, 0.1) is 5.92 Å². The number of carbonyl (C=O) groups excluding carboxylic acids is 2. The number of ether oxygens (including phenoxy) is 2. The van der Waals surface area contributed by atoms with Gasteiger partial charge in [-0.15, -0.1) is 0 Å². The zero-order valence-corrected chi connectivity index (χ0v) is 19.3. The first-order chi connectivity index (χ1) is 16.0. The number of hydrogen-bond acceptors (Lipinski definition) is 5. The van der Waals surface area contributed by atoms with Crippen LogP contribution in [0.3, 0.4) is 0 Å². The fourth-order valence-electron chi connectivity index (χ4n) is 4.38. The number of para-hydroxylation sites is 2. The molecule has 2 heterocycles. The summed E-state index contributed by atoms with van der Waals surface area (Å²) in [5, 5.41) is 3.05.